The van der Waals surface area contributed by atoms with Crippen LogP contribution >= 0.6 is 0 Å². The fourth-order valence-electron chi connectivity index (χ4n) is 3.64. The van der Waals surface area contributed by atoms with Crippen LogP contribution in [0.1, 0.15) is 64.6 Å². The first-order chi connectivity index (χ1) is 9.71. The van der Waals surface area contributed by atoms with Gasteiger partial charge < -0.3 is 5.11 Å². The maximum Gasteiger partial charge on any atom is 0.323 e. The van der Waals surface area contributed by atoms with E-state index in [1.54, 1.807) is 13.8 Å². The van der Waals surface area contributed by atoms with E-state index in [0.29, 0.717) is 0 Å². The number of carbonyl (C=O) groups is 1. The Morgan fingerprint density at radius 3 is 2.57 bits per heavy atom. The third-order valence-electron chi connectivity index (χ3n) is 5.05. The number of hydrogen-bond donors (Lipinski definition) is 1. The molecule has 1 unspecified atom stereocenters. The summed E-state index contributed by atoms with van der Waals surface area (Å²) < 4.78 is 0. The van der Waals surface area contributed by atoms with Crippen LogP contribution in [-0.2, 0) is 10.2 Å². The van der Waals surface area contributed by atoms with E-state index in [4.69, 9.17) is 0 Å². The van der Waals surface area contributed by atoms with E-state index in [0.717, 1.165) is 19.4 Å². The van der Waals surface area contributed by atoms with Crippen LogP contribution in [-0.4, -0.2) is 28.1 Å². The number of likely N-dealkylation sites (N-methyl/N-ethyl adjacent to an activating group) is 1. The van der Waals surface area contributed by atoms with Crippen molar-refractivity contribution in [3.63, 3.8) is 0 Å². The quantitative estimate of drug-likeness (QED) is 0.911. The third kappa shape index (κ3) is 2.71. The number of carboxylic acid groups (broad SMARTS) is 1. The summed E-state index contributed by atoms with van der Waals surface area (Å²) in [4.78, 5) is 13.8. The summed E-state index contributed by atoms with van der Waals surface area (Å²) in [5.74, 6) is -0.758. The molecule has 0 spiro atoms. The molecule has 0 heterocycles. The average molecular weight is 289 g/mol. The first-order valence-corrected chi connectivity index (χ1v) is 7.81. The predicted molar refractivity (Wildman–Crippen MR) is 85.5 cm³/mol. The number of rotatable bonds is 4. The molecule has 0 aromatic heterocycles. The second-order valence-corrected chi connectivity index (χ2v) is 7.18. The van der Waals surface area contributed by atoms with Crippen LogP contribution in [0.2, 0.25) is 0 Å². The third-order valence-corrected chi connectivity index (χ3v) is 5.05. The molecule has 0 radical (unpaired) electrons. The molecule has 116 valence electrons. The molecule has 1 aromatic carbocycles. The van der Waals surface area contributed by atoms with Crippen molar-refractivity contribution in [2.75, 3.05) is 6.54 Å². The number of hydrogen-bond acceptors (Lipinski definition) is 2. The van der Waals surface area contributed by atoms with Crippen LogP contribution in [0.3, 0.4) is 0 Å². The van der Waals surface area contributed by atoms with Gasteiger partial charge in [0, 0.05) is 6.04 Å². The Balaban J connectivity index is 2.48. The molecule has 21 heavy (non-hydrogen) atoms. The molecule has 0 saturated heterocycles. The second-order valence-electron chi connectivity index (χ2n) is 7.18. The Hall–Kier alpha value is -1.35. The first-order valence-electron chi connectivity index (χ1n) is 7.81. The molecule has 0 amide bonds. The lowest BCUT2D eigenvalue weighted by atomic mass is 9.70. The molecule has 3 nitrogen and oxygen atoms in total. The van der Waals surface area contributed by atoms with Gasteiger partial charge in [-0.15, -0.1) is 0 Å². The standard InChI is InChI=1S/C18H27NO2/c1-6-19(18(4,5)16(20)21)15-11-12-17(2,3)14-10-8-7-9-13(14)15/h7-10,15H,6,11-12H2,1-5H3,(H,20,21). The molecular formula is C18H27NO2. The Bertz CT molecular complexity index is 534. The van der Waals surface area contributed by atoms with Gasteiger partial charge in [0.15, 0.2) is 0 Å². The van der Waals surface area contributed by atoms with Gasteiger partial charge in [0.2, 0.25) is 0 Å². The van der Waals surface area contributed by atoms with Gasteiger partial charge in [-0.05, 0) is 49.8 Å². The van der Waals surface area contributed by atoms with E-state index in [1.807, 2.05) is 6.92 Å². The highest BCUT2D eigenvalue weighted by molar-refractivity contribution is 5.77. The first kappa shape index (κ1) is 16.0. The molecule has 1 aliphatic carbocycles. The van der Waals surface area contributed by atoms with Crippen molar-refractivity contribution in [3.8, 4) is 0 Å². The fourth-order valence-corrected chi connectivity index (χ4v) is 3.64. The van der Waals surface area contributed by atoms with Gasteiger partial charge >= 0.3 is 5.97 Å². The average Bonchev–Trinajstić information content (AvgIpc) is 2.42. The van der Waals surface area contributed by atoms with Gasteiger partial charge in [0.05, 0.1) is 0 Å². The maximum absolute atomic E-state index is 11.7. The van der Waals surface area contributed by atoms with E-state index in [-0.39, 0.29) is 11.5 Å². The minimum atomic E-state index is -0.853. The summed E-state index contributed by atoms with van der Waals surface area (Å²) in [7, 11) is 0. The number of benzene rings is 1. The molecule has 1 aliphatic rings. The summed E-state index contributed by atoms with van der Waals surface area (Å²) in [6.07, 6.45) is 2.09. The lowest BCUT2D eigenvalue weighted by Crippen LogP contribution is -2.52. The van der Waals surface area contributed by atoms with Crippen LogP contribution in [0.4, 0.5) is 0 Å². The Morgan fingerprint density at radius 2 is 2.00 bits per heavy atom. The zero-order chi connectivity index (χ0) is 15.8. The largest absolute Gasteiger partial charge is 0.480 e. The van der Waals surface area contributed by atoms with Gasteiger partial charge in [0.25, 0.3) is 0 Å². The van der Waals surface area contributed by atoms with E-state index < -0.39 is 11.5 Å². The van der Waals surface area contributed by atoms with Crippen LogP contribution in [0.25, 0.3) is 0 Å². The molecule has 1 aromatic rings. The molecule has 1 N–H and O–H groups in total. The summed E-state index contributed by atoms with van der Waals surface area (Å²) in [5, 5.41) is 9.58. The number of aliphatic carboxylic acids is 1. The van der Waals surface area contributed by atoms with Crippen molar-refractivity contribution in [2.24, 2.45) is 0 Å². The van der Waals surface area contributed by atoms with Gasteiger partial charge in [-0.2, -0.15) is 0 Å². The molecule has 3 heteroatoms. The van der Waals surface area contributed by atoms with E-state index in [1.165, 1.54) is 11.1 Å². The fraction of sp³-hybridized carbons (Fsp3) is 0.611. The lowest BCUT2D eigenvalue weighted by Gasteiger charge is -2.46. The van der Waals surface area contributed by atoms with Crippen LogP contribution < -0.4 is 0 Å². The molecule has 1 atom stereocenters. The highest BCUT2D eigenvalue weighted by Crippen LogP contribution is 2.45. The van der Waals surface area contributed by atoms with E-state index >= 15 is 0 Å². The predicted octanol–water partition coefficient (Wildman–Crippen LogP) is 3.98. The summed E-state index contributed by atoms with van der Waals surface area (Å²) in [6, 6.07) is 8.70. The van der Waals surface area contributed by atoms with Gasteiger partial charge in [-0.25, -0.2) is 0 Å². The smallest absolute Gasteiger partial charge is 0.323 e. The van der Waals surface area contributed by atoms with Crippen molar-refractivity contribution < 1.29 is 9.90 Å². The molecule has 0 saturated carbocycles. The van der Waals surface area contributed by atoms with Gasteiger partial charge in [0.1, 0.15) is 5.54 Å². The lowest BCUT2D eigenvalue weighted by molar-refractivity contribution is -0.151. The Morgan fingerprint density at radius 1 is 1.38 bits per heavy atom. The Labute approximate surface area is 128 Å². The molecular weight excluding hydrogens is 262 g/mol. The SMILES string of the molecule is CCN(C1CCC(C)(C)c2ccccc21)C(C)(C)C(=O)O. The zero-order valence-corrected chi connectivity index (χ0v) is 13.8. The van der Waals surface area contributed by atoms with Crippen molar-refractivity contribution in [3.05, 3.63) is 35.4 Å². The minimum absolute atomic E-state index is 0.167. The summed E-state index contributed by atoms with van der Waals surface area (Å²) in [5.41, 5.74) is 1.97. The minimum Gasteiger partial charge on any atom is -0.480 e. The second kappa shape index (κ2) is 5.45. The zero-order valence-electron chi connectivity index (χ0n) is 13.8. The highest BCUT2D eigenvalue weighted by atomic mass is 16.4. The number of fused-ring (bicyclic) bond motifs is 1. The molecule has 0 aliphatic heterocycles. The molecule has 0 fully saturated rings. The molecule has 2 rings (SSSR count). The monoisotopic (exact) mass is 289 g/mol. The van der Waals surface area contributed by atoms with Gasteiger partial charge in [-0.3, -0.25) is 9.69 Å². The van der Waals surface area contributed by atoms with Gasteiger partial charge in [-0.1, -0.05) is 45.0 Å². The van der Waals surface area contributed by atoms with Crippen molar-refractivity contribution in [2.45, 2.75) is 64.5 Å². The van der Waals surface area contributed by atoms with Crippen molar-refractivity contribution >= 4 is 5.97 Å². The number of nitrogens with zero attached hydrogens (tertiary/aromatic N) is 1. The normalized spacial score (nSPS) is 21.1. The maximum atomic E-state index is 11.7. The van der Waals surface area contributed by atoms with Crippen molar-refractivity contribution in [1.29, 1.82) is 0 Å². The summed E-state index contributed by atoms with van der Waals surface area (Å²) in [6.45, 7) is 11.0. The molecule has 0 bridgehead atoms. The number of carboxylic acids is 1. The van der Waals surface area contributed by atoms with Crippen molar-refractivity contribution in [1.82, 2.24) is 4.90 Å². The Kier molecular flexibility index (Phi) is 4.16. The van der Waals surface area contributed by atoms with E-state index in [2.05, 4.69) is 43.0 Å². The highest BCUT2D eigenvalue weighted by Gasteiger charge is 2.42. The topological polar surface area (TPSA) is 40.5 Å². The summed E-state index contributed by atoms with van der Waals surface area (Å²) >= 11 is 0. The van der Waals surface area contributed by atoms with Crippen LogP contribution in [0.5, 0.6) is 0 Å². The van der Waals surface area contributed by atoms with Crippen LogP contribution in [0, 0.1) is 0 Å². The van der Waals surface area contributed by atoms with Crippen LogP contribution in [0.15, 0.2) is 24.3 Å². The van der Waals surface area contributed by atoms with E-state index in [9.17, 15) is 9.90 Å².